The van der Waals surface area contributed by atoms with Gasteiger partial charge in [-0.2, -0.15) is 0 Å². The first-order valence-corrected chi connectivity index (χ1v) is 7.75. The molecule has 2 N–H and O–H groups in total. The van der Waals surface area contributed by atoms with Gasteiger partial charge < -0.3 is 10.2 Å². The Morgan fingerprint density at radius 3 is 1.62 bits per heavy atom. The predicted molar refractivity (Wildman–Crippen MR) is 96.7 cm³/mol. The summed E-state index contributed by atoms with van der Waals surface area (Å²) >= 11 is 0. The topological polar surface area (TPSA) is 91.7 Å². The lowest BCUT2D eigenvalue weighted by molar-refractivity contribution is 0.0696. The molecule has 128 valence electrons. The highest BCUT2D eigenvalue weighted by Gasteiger charge is 2.17. The van der Waals surface area contributed by atoms with E-state index in [9.17, 15) is 24.6 Å². The number of carboxylic acid groups (broad SMARTS) is 1. The van der Waals surface area contributed by atoms with Crippen LogP contribution < -0.4 is 0 Å². The summed E-state index contributed by atoms with van der Waals surface area (Å²) in [6.07, 6.45) is 1.35. The standard InChI is InChI=1S/C21H14O5/c22-11-13-3-1-5-15(7-13)18-9-17(21(25)26)10-19(20(18)24)16-6-2-4-14(8-16)12-23/h1-12,24H,(H,25,26). The zero-order valence-corrected chi connectivity index (χ0v) is 13.5. The van der Waals surface area contributed by atoms with Gasteiger partial charge in [-0.15, -0.1) is 0 Å². The molecule has 3 aromatic carbocycles. The van der Waals surface area contributed by atoms with Crippen molar-refractivity contribution in [3.8, 4) is 28.0 Å². The van der Waals surface area contributed by atoms with E-state index in [4.69, 9.17) is 0 Å². The number of carbonyl (C=O) groups is 3. The normalized spacial score (nSPS) is 10.3. The Hall–Kier alpha value is -3.73. The van der Waals surface area contributed by atoms with Gasteiger partial charge in [0.2, 0.25) is 0 Å². The minimum Gasteiger partial charge on any atom is -0.507 e. The lowest BCUT2D eigenvalue weighted by Gasteiger charge is -2.13. The molecule has 0 heterocycles. The highest BCUT2D eigenvalue weighted by molar-refractivity contribution is 5.95. The Kier molecular flexibility index (Phi) is 4.62. The molecule has 3 rings (SSSR count). The van der Waals surface area contributed by atoms with Crippen molar-refractivity contribution in [2.45, 2.75) is 0 Å². The fourth-order valence-corrected chi connectivity index (χ4v) is 2.76. The number of aromatic carboxylic acids is 1. The Morgan fingerprint density at radius 2 is 1.23 bits per heavy atom. The number of phenols is 1. The summed E-state index contributed by atoms with van der Waals surface area (Å²) < 4.78 is 0. The Bertz CT molecular complexity index is 948. The van der Waals surface area contributed by atoms with Crippen LogP contribution in [0.2, 0.25) is 0 Å². The summed E-state index contributed by atoms with van der Waals surface area (Å²) in [6.45, 7) is 0. The lowest BCUT2D eigenvalue weighted by Crippen LogP contribution is -1.98. The molecular weight excluding hydrogens is 332 g/mol. The van der Waals surface area contributed by atoms with Gasteiger partial charge in [0.25, 0.3) is 0 Å². The van der Waals surface area contributed by atoms with Crippen molar-refractivity contribution in [2.75, 3.05) is 0 Å². The SMILES string of the molecule is O=Cc1cccc(-c2cc(C(=O)O)cc(-c3cccc(C=O)c3)c2O)c1. The second-order valence-corrected chi connectivity index (χ2v) is 5.71. The first kappa shape index (κ1) is 17.1. The number of aromatic hydroxyl groups is 1. The van der Waals surface area contributed by atoms with E-state index in [1.165, 1.54) is 12.1 Å². The van der Waals surface area contributed by atoms with Gasteiger partial charge in [-0.25, -0.2) is 4.79 Å². The molecule has 3 aromatic rings. The van der Waals surface area contributed by atoms with Gasteiger partial charge in [0, 0.05) is 22.3 Å². The van der Waals surface area contributed by atoms with Crippen molar-refractivity contribution >= 4 is 18.5 Å². The van der Waals surface area contributed by atoms with Crippen molar-refractivity contribution in [1.82, 2.24) is 0 Å². The van der Waals surface area contributed by atoms with Crippen LogP contribution in [0.5, 0.6) is 5.75 Å². The summed E-state index contributed by atoms with van der Waals surface area (Å²) in [5, 5.41) is 20.2. The summed E-state index contributed by atoms with van der Waals surface area (Å²) in [7, 11) is 0. The molecule has 0 fully saturated rings. The van der Waals surface area contributed by atoms with Crippen molar-refractivity contribution in [3.63, 3.8) is 0 Å². The second kappa shape index (κ2) is 7.03. The van der Waals surface area contributed by atoms with Crippen LogP contribution in [0.15, 0.2) is 60.7 Å². The van der Waals surface area contributed by atoms with Crippen LogP contribution in [0.4, 0.5) is 0 Å². The number of hydrogen-bond donors (Lipinski definition) is 2. The van der Waals surface area contributed by atoms with Crippen molar-refractivity contribution in [3.05, 3.63) is 77.4 Å². The van der Waals surface area contributed by atoms with E-state index in [2.05, 4.69) is 0 Å². The molecule has 0 aliphatic carbocycles. The maximum Gasteiger partial charge on any atom is 0.335 e. The van der Waals surface area contributed by atoms with Crippen LogP contribution >= 0.6 is 0 Å². The molecule has 0 saturated carbocycles. The van der Waals surface area contributed by atoms with E-state index < -0.39 is 5.97 Å². The molecule has 0 saturated heterocycles. The third-order valence-electron chi connectivity index (χ3n) is 4.02. The monoisotopic (exact) mass is 346 g/mol. The maximum absolute atomic E-state index is 11.5. The average Bonchev–Trinajstić information content (AvgIpc) is 2.68. The summed E-state index contributed by atoms with van der Waals surface area (Å²) in [5.74, 6) is -1.27. The summed E-state index contributed by atoms with van der Waals surface area (Å²) in [5.41, 5.74) is 2.42. The first-order valence-electron chi connectivity index (χ1n) is 7.75. The van der Waals surface area contributed by atoms with Crippen LogP contribution in [0.3, 0.4) is 0 Å². The van der Waals surface area contributed by atoms with Gasteiger partial charge in [-0.05, 0) is 35.4 Å². The summed E-state index contributed by atoms with van der Waals surface area (Å²) in [6, 6.07) is 15.7. The minimum atomic E-state index is -1.15. The molecule has 0 atom stereocenters. The Morgan fingerprint density at radius 1 is 0.769 bits per heavy atom. The van der Waals surface area contributed by atoms with E-state index in [1.807, 2.05) is 0 Å². The van der Waals surface area contributed by atoms with E-state index in [-0.39, 0.29) is 11.3 Å². The van der Waals surface area contributed by atoms with E-state index in [1.54, 1.807) is 48.5 Å². The third kappa shape index (κ3) is 3.23. The predicted octanol–water partition coefficient (Wildman–Crippen LogP) is 4.05. The molecule has 5 heteroatoms. The van der Waals surface area contributed by atoms with Gasteiger partial charge in [0.1, 0.15) is 18.3 Å². The number of phenolic OH excluding ortho intramolecular Hbond substituents is 1. The maximum atomic E-state index is 11.5. The van der Waals surface area contributed by atoms with Crippen molar-refractivity contribution in [2.24, 2.45) is 0 Å². The summed E-state index contributed by atoms with van der Waals surface area (Å²) in [4.78, 5) is 33.6. The van der Waals surface area contributed by atoms with Gasteiger partial charge in [0.15, 0.2) is 0 Å². The second-order valence-electron chi connectivity index (χ2n) is 5.71. The van der Waals surface area contributed by atoms with Gasteiger partial charge in [-0.1, -0.05) is 36.4 Å². The fourth-order valence-electron chi connectivity index (χ4n) is 2.76. The number of carboxylic acids is 1. The van der Waals surface area contributed by atoms with Crippen LogP contribution in [0.25, 0.3) is 22.3 Å². The number of hydrogen-bond acceptors (Lipinski definition) is 4. The molecule has 0 unspecified atom stereocenters. The molecule has 0 aliphatic heterocycles. The van der Waals surface area contributed by atoms with E-state index in [0.717, 1.165) is 0 Å². The number of rotatable bonds is 5. The minimum absolute atomic E-state index is 0.0131. The van der Waals surface area contributed by atoms with E-state index >= 15 is 0 Å². The molecule has 5 nitrogen and oxygen atoms in total. The number of benzene rings is 3. The zero-order valence-electron chi connectivity index (χ0n) is 13.5. The Labute approximate surface area is 149 Å². The van der Waals surface area contributed by atoms with Gasteiger partial charge in [-0.3, -0.25) is 9.59 Å². The van der Waals surface area contributed by atoms with Crippen LogP contribution in [0.1, 0.15) is 31.1 Å². The van der Waals surface area contributed by atoms with Gasteiger partial charge in [0.05, 0.1) is 5.56 Å². The largest absolute Gasteiger partial charge is 0.507 e. The lowest BCUT2D eigenvalue weighted by atomic mass is 9.93. The fraction of sp³-hybridized carbons (Fsp3) is 0. The molecule has 0 amide bonds. The zero-order chi connectivity index (χ0) is 18.7. The smallest absolute Gasteiger partial charge is 0.335 e. The number of aldehydes is 2. The molecule has 0 aromatic heterocycles. The molecule has 0 radical (unpaired) electrons. The van der Waals surface area contributed by atoms with Crippen LogP contribution in [0, 0.1) is 0 Å². The molecule has 0 aliphatic rings. The molecule has 26 heavy (non-hydrogen) atoms. The highest BCUT2D eigenvalue weighted by atomic mass is 16.4. The third-order valence-corrected chi connectivity index (χ3v) is 4.02. The highest BCUT2D eigenvalue weighted by Crippen LogP contribution is 2.39. The van der Waals surface area contributed by atoms with Crippen LogP contribution in [-0.4, -0.2) is 28.8 Å². The van der Waals surface area contributed by atoms with Crippen LogP contribution in [-0.2, 0) is 0 Å². The molecular formula is C21H14O5. The first-order chi connectivity index (χ1) is 12.5. The van der Waals surface area contributed by atoms with E-state index in [0.29, 0.717) is 46.0 Å². The van der Waals surface area contributed by atoms with Crippen molar-refractivity contribution < 1.29 is 24.6 Å². The van der Waals surface area contributed by atoms with Crippen molar-refractivity contribution in [1.29, 1.82) is 0 Å². The molecule has 0 spiro atoms. The number of carbonyl (C=O) groups excluding carboxylic acids is 2. The molecule has 0 bridgehead atoms. The van der Waals surface area contributed by atoms with Gasteiger partial charge >= 0.3 is 5.97 Å². The Balaban J connectivity index is 2.28. The quantitative estimate of drug-likeness (QED) is 0.680. The average molecular weight is 346 g/mol.